The van der Waals surface area contributed by atoms with Crippen molar-refractivity contribution < 1.29 is 4.79 Å². The minimum absolute atomic E-state index is 0.0966. The van der Waals surface area contributed by atoms with Gasteiger partial charge in [0.1, 0.15) is 0 Å². The summed E-state index contributed by atoms with van der Waals surface area (Å²) in [6, 6.07) is 9.95. The van der Waals surface area contributed by atoms with Gasteiger partial charge < -0.3 is 5.32 Å². The fourth-order valence-electron chi connectivity index (χ4n) is 2.28. The standard InChI is InChI=1S/C14H13NOS/c1-9-11(6-7-17-9)14(16)13-8-10-4-2-3-5-12(10)15-13/h2-7,13,15H,8H2,1H3. The van der Waals surface area contributed by atoms with Crippen LogP contribution >= 0.6 is 11.3 Å². The first-order valence-electron chi connectivity index (χ1n) is 5.68. The zero-order valence-electron chi connectivity index (χ0n) is 9.57. The molecule has 0 aliphatic carbocycles. The summed E-state index contributed by atoms with van der Waals surface area (Å²) in [5, 5.41) is 5.28. The Hall–Kier alpha value is -1.61. The number of rotatable bonds is 2. The molecule has 2 heterocycles. The van der Waals surface area contributed by atoms with Crippen molar-refractivity contribution in [2.45, 2.75) is 19.4 Å². The third kappa shape index (κ3) is 1.76. The van der Waals surface area contributed by atoms with Crippen LogP contribution in [0.25, 0.3) is 0 Å². The third-order valence-electron chi connectivity index (χ3n) is 3.21. The summed E-state index contributed by atoms with van der Waals surface area (Å²) < 4.78 is 0. The van der Waals surface area contributed by atoms with Gasteiger partial charge in [0.25, 0.3) is 0 Å². The topological polar surface area (TPSA) is 29.1 Å². The third-order valence-corrected chi connectivity index (χ3v) is 4.06. The molecule has 3 heteroatoms. The van der Waals surface area contributed by atoms with Crippen LogP contribution < -0.4 is 5.32 Å². The lowest BCUT2D eigenvalue weighted by Gasteiger charge is -2.09. The summed E-state index contributed by atoms with van der Waals surface area (Å²) in [4.78, 5) is 13.4. The van der Waals surface area contributed by atoms with E-state index in [4.69, 9.17) is 0 Å². The smallest absolute Gasteiger partial charge is 0.186 e. The number of carbonyl (C=O) groups excluding carboxylic acids is 1. The minimum atomic E-state index is -0.0966. The molecule has 17 heavy (non-hydrogen) atoms. The van der Waals surface area contributed by atoms with Crippen molar-refractivity contribution in [1.82, 2.24) is 0 Å². The van der Waals surface area contributed by atoms with Crippen molar-refractivity contribution in [2.24, 2.45) is 0 Å². The van der Waals surface area contributed by atoms with Crippen molar-refractivity contribution in [2.75, 3.05) is 5.32 Å². The maximum absolute atomic E-state index is 12.3. The van der Waals surface area contributed by atoms with Crippen LogP contribution in [-0.2, 0) is 6.42 Å². The first kappa shape index (κ1) is 10.5. The molecule has 2 nitrogen and oxygen atoms in total. The van der Waals surface area contributed by atoms with Crippen molar-refractivity contribution in [1.29, 1.82) is 0 Å². The highest BCUT2D eigenvalue weighted by Crippen LogP contribution is 2.28. The molecule has 1 atom stereocenters. The van der Waals surface area contributed by atoms with Crippen LogP contribution in [0.15, 0.2) is 35.7 Å². The summed E-state index contributed by atoms with van der Waals surface area (Å²) in [6.45, 7) is 2.00. The van der Waals surface area contributed by atoms with E-state index in [0.717, 1.165) is 22.5 Å². The van der Waals surface area contributed by atoms with Gasteiger partial charge in [-0.05, 0) is 30.0 Å². The fraction of sp³-hybridized carbons (Fsp3) is 0.214. The molecule has 1 aromatic carbocycles. The fourth-order valence-corrected chi connectivity index (χ4v) is 2.99. The van der Waals surface area contributed by atoms with E-state index in [1.54, 1.807) is 11.3 Å². The van der Waals surface area contributed by atoms with Gasteiger partial charge >= 0.3 is 0 Å². The molecule has 3 rings (SSSR count). The highest BCUT2D eigenvalue weighted by molar-refractivity contribution is 7.10. The summed E-state index contributed by atoms with van der Waals surface area (Å²) in [7, 11) is 0. The van der Waals surface area contributed by atoms with Crippen LogP contribution in [0.3, 0.4) is 0 Å². The molecule has 86 valence electrons. The molecule has 0 spiro atoms. The molecule has 1 unspecified atom stereocenters. The van der Waals surface area contributed by atoms with Crippen LogP contribution in [0.4, 0.5) is 5.69 Å². The van der Waals surface area contributed by atoms with Crippen molar-refractivity contribution in [3.63, 3.8) is 0 Å². The van der Waals surface area contributed by atoms with Gasteiger partial charge in [0.05, 0.1) is 6.04 Å². The van der Waals surface area contributed by atoms with Crippen LogP contribution in [0, 0.1) is 6.92 Å². The summed E-state index contributed by atoms with van der Waals surface area (Å²) in [5.41, 5.74) is 3.19. The van der Waals surface area contributed by atoms with Crippen LogP contribution in [0.5, 0.6) is 0 Å². The van der Waals surface area contributed by atoms with E-state index in [2.05, 4.69) is 11.4 Å². The molecule has 1 aliphatic heterocycles. The monoisotopic (exact) mass is 243 g/mol. The van der Waals surface area contributed by atoms with Gasteiger partial charge in [-0.1, -0.05) is 18.2 Å². The maximum atomic E-state index is 12.3. The van der Waals surface area contributed by atoms with Crippen LogP contribution in [0.1, 0.15) is 20.8 Å². The molecule has 0 radical (unpaired) electrons. The zero-order chi connectivity index (χ0) is 11.8. The number of thiophene rings is 1. The molecule has 2 aromatic rings. The van der Waals surface area contributed by atoms with E-state index in [1.807, 2.05) is 36.6 Å². The summed E-state index contributed by atoms with van der Waals surface area (Å²) >= 11 is 1.63. The SMILES string of the molecule is Cc1sccc1C(=O)C1Cc2ccccc2N1. The van der Waals surface area contributed by atoms with E-state index in [-0.39, 0.29) is 11.8 Å². The molecule has 0 saturated carbocycles. The predicted molar refractivity (Wildman–Crippen MR) is 70.9 cm³/mol. The van der Waals surface area contributed by atoms with Crippen LogP contribution in [-0.4, -0.2) is 11.8 Å². The number of anilines is 1. The second-order valence-corrected chi connectivity index (χ2v) is 5.43. The van der Waals surface area contributed by atoms with Gasteiger partial charge in [-0.25, -0.2) is 0 Å². The second kappa shape index (κ2) is 4.00. The number of benzene rings is 1. The van der Waals surface area contributed by atoms with Crippen molar-refractivity contribution in [3.05, 3.63) is 51.7 Å². The highest BCUT2D eigenvalue weighted by Gasteiger charge is 2.28. The Kier molecular flexibility index (Phi) is 2.48. The Morgan fingerprint density at radius 3 is 2.88 bits per heavy atom. The Bertz CT molecular complexity index is 548. The number of fused-ring (bicyclic) bond motifs is 1. The lowest BCUT2D eigenvalue weighted by atomic mass is 10.0. The lowest BCUT2D eigenvalue weighted by molar-refractivity contribution is 0.0971. The van der Waals surface area contributed by atoms with Crippen molar-refractivity contribution >= 4 is 22.8 Å². The summed E-state index contributed by atoms with van der Waals surface area (Å²) in [5.74, 6) is 0.208. The van der Waals surface area contributed by atoms with E-state index in [1.165, 1.54) is 5.56 Å². The largest absolute Gasteiger partial charge is 0.374 e. The van der Waals surface area contributed by atoms with Gasteiger partial charge in [-0.2, -0.15) is 0 Å². The number of carbonyl (C=O) groups is 1. The van der Waals surface area contributed by atoms with E-state index in [0.29, 0.717) is 0 Å². The number of aryl methyl sites for hydroxylation is 1. The Labute approximate surface area is 104 Å². The zero-order valence-corrected chi connectivity index (χ0v) is 10.4. The average Bonchev–Trinajstić information content (AvgIpc) is 2.93. The lowest BCUT2D eigenvalue weighted by Crippen LogP contribution is -2.27. The average molecular weight is 243 g/mol. The maximum Gasteiger partial charge on any atom is 0.186 e. The van der Waals surface area contributed by atoms with E-state index < -0.39 is 0 Å². The first-order chi connectivity index (χ1) is 8.25. The number of hydrogen-bond donors (Lipinski definition) is 1. The Morgan fingerprint density at radius 2 is 2.18 bits per heavy atom. The van der Waals surface area contributed by atoms with Gasteiger partial charge in [-0.15, -0.1) is 11.3 Å². The molecular weight excluding hydrogens is 230 g/mol. The van der Waals surface area contributed by atoms with E-state index in [9.17, 15) is 4.79 Å². The molecule has 1 aromatic heterocycles. The first-order valence-corrected chi connectivity index (χ1v) is 6.56. The van der Waals surface area contributed by atoms with Crippen LogP contribution in [0.2, 0.25) is 0 Å². The van der Waals surface area contributed by atoms with Gasteiger partial charge in [0, 0.05) is 22.5 Å². The molecule has 0 saturated heterocycles. The molecule has 0 bridgehead atoms. The summed E-state index contributed by atoms with van der Waals surface area (Å²) in [6.07, 6.45) is 0.796. The van der Waals surface area contributed by atoms with Gasteiger partial charge in [-0.3, -0.25) is 4.79 Å². The highest BCUT2D eigenvalue weighted by atomic mass is 32.1. The number of nitrogens with one attached hydrogen (secondary N) is 1. The van der Waals surface area contributed by atoms with Crippen molar-refractivity contribution in [3.8, 4) is 0 Å². The normalized spacial score (nSPS) is 17.6. The molecule has 1 N–H and O–H groups in total. The Balaban J connectivity index is 1.86. The van der Waals surface area contributed by atoms with Gasteiger partial charge in [0.2, 0.25) is 0 Å². The molecule has 0 amide bonds. The Morgan fingerprint density at radius 1 is 1.35 bits per heavy atom. The predicted octanol–water partition coefficient (Wildman–Crippen LogP) is 3.28. The number of para-hydroxylation sites is 1. The number of hydrogen-bond acceptors (Lipinski definition) is 3. The quantitative estimate of drug-likeness (QED) is 0.820. The number of ketones is 1. The molecular formula is C14H13NOS. The number of Topliss-reactive ketones (excluding diaryl/α,β-unsaturated/α-hetero) is 1. The van der Waals surface area contributed by atoms with Gasteiger partial charge in [0.15, 0.2) is 5.78 Å². The molecule has 1 aliphatic rings. The second-order valence-electron chi connectivity index (χ2n) is 4.31. The minimum Gasteiger partial charge on any atom is -0.374 e. The van der Waals surface area contributed by atoms with E-state index >= 15 is 0 Å². The molecule has 0 fully saturated rings.